The van der Waals surface area contributed by atoms with Crippen LogP contribution in [0.25, 0.3) is 0 Å². The van der Waals surface area contributed by atoms with Gasteiger partial charge in [0.15, 0.2) is 6.61 Å². The highest BCUT2D eigenvalue weighted by Crippen LogP contribution is 2.26. The van der Waals surface area contributed by atoms with Gasteiger partial charge in [-0.05, 0) is 56.0 Å². The first-order chi connectivity index (χ1) is 13.0. The van der Waals surface area contributed by atoms with Gasteiger partial charge in [-0.25, -0.2) is 4.79 Å². The van der Waals surface area contributed by atoms with E-state index < -0.39 is 5.97 Å². The van der Waals surface area contributed by atoms with E-state index >= 15 is 0 Å². The summed E-state index contributed by atoms with van der Waals surface area (Å²) in [6, 6.07) is 14.9. The van der Waals surface area contributed by atoms with Crippen LogP contribution in [0.1, 0.15) is 41.8 Å². The van der Waals surface area contributed by atoms with Crippen molar-refractivity contribution in [2.45, 2.75) is 39.4 Å². The maximum absolute atomic E-state index is 12.5. The zero-order valence-electron chi connectivity index (χ0n) is 15.8. The average molecular weight is 367 g/mol. The highest BCUT2D eigenvalue weighted by atomic mass is 16.5. The van der Waals surface area contributed by atoms with Crippen molar-refractivity contribution in [3.63, 3.8) is 0 Å². The molecular formula is C22H25NO4. The van der Waals surface area contributed by atoms with Gasteiger partial charge in [0.25, 0.3) is 5.91 Å². The molecule has 2 aromatic rings. The van der Waals surface area contributed by atoms with Crippen LogP contribution < -0.4 is 4.90 Å². The Balaban J connectivity index is 1.55. The van der Waals surface area contributed by atoms with Crippen LogP contribution in [-0.4, -0.2) is 31.1 Å². The Morgan fingerprint density at radius 1 is 1.07 bits per heavy atom. The molecule has 27 heavy (non-hydrogen) atoms. The van der Waals surface area contributed by atoms with Gasteiger partial charge in [-0.1, -0.05) is 30.3 Å². The van der Waals surface area contributed by atoms with Crippen molar-refractivity contribution < 1.29 is 19.1 Å². The molecular weight excluding hydrogens is 342 g/mol. The van der Waals surface area contributed by atoms with E-state index in [2.05, 4.69) is 0 Å². The Morgan fingerprint density at radius 2 is 1.81 bits per heavy atom. The first kappa shape index (κ1) is 19.1. The molecule has 0 saturated carbocycles. The maximum atomic E-state index is 12.5. The average Bonchev–Trinajstić information content (AvgIpc) is 2.70. The van der Waals surface area contributed by atoms with E-state index in [9.17, 15) is 9.59 Å². The molecule has 0 fully saturated rings. The number of rotatable bonds is 6. The molecule has 0 spiro atoms. The Bertz CT molecular complexity index is 798. The van der Waals surface area contributed by atoms with Crippen molar-refractivity contribution in [3.8, 4) is 0 Å². The summed E-state index contributed by atoms with van der Waals surface area (Å²) in [5.74, 6) is -0.692. The predicted molar refractivity (Wildman–Crippen MR) is 104 cm³/mol. The lowest BCUT2D eigenvalue weighted by molar-refractivity contribution is -0.121. The van der Waals surface area contributed by atoms with Crippen LogP contribution in [0, 0.1) is 0 Å². The highest BCUT2D eigenvalue weighted by Gasteiger charge is 2.23. The normalized spacial score (nSPS) is 13.4. The van der Waals surface area contributed by atoms with E-state index in [0.717, 1.165) is 29.7 Å². The van der Waals surface area contributed by atoms with E-state index in [-0.39, 0.29) is 18.6 Å². The first-order valence-corrected chi connectivity index (χ1v) is 9.30. The third kappa shape index (κ3) is 4.95. The van der Waals surface area contributed by atoms with E-state index in [4.69, 9.17) is 9.47 Å². The van der Waals surface area contributed by atoms with Gasteiger partial charge in [-0.15, -0.1) is 0 Å². The second-order valence-electron chi connectivity index (χ2n) is 6.91. The molecule has 0 atom stereocenters. The zero-order valence-corrected chi connectivity index (χ0v) is 15.8. The molecule has 1 heterocycles. The molecule has 142 valence electrons. The highest BCUT2D eigenvalue weighted by molar-refractivity contribution is 5.97. The molecule has 5 nitrogen and oxygen atoms in total. The van der Waals surface area contributed by atoms with Gasteiger partial charge >= 0.3 is 5.97 Å². The minimum atomic E-state index is -0.495. The van der Waals surface area contributed by atoms with Crippen molar-refractivity contribution in [1.29, 1.82) is 0 Å². The van der Waals surface area contributed by atoms with Crippen molar-refractivity contribution in [2.75, 3.05) is 18.1 Å². The van der Waals surface area contributed by atoms with Gasteiger partial charge in [-0.3, -0.25) is 4.79 Å². The monoisotopic (exact) mass is 367 g/mol. The molecule has 0 N–H and O–H groups in total. The summed E-state index contributed by atoms with van der Waals surface area (Å²) in [6.45, 7) is 4.84. The lowest BCUT2D eigenvalue weighted by Crippen LogP contribution is -2.38. The number of anilines is 1. The quantitative estimate of drug-likeness (QED) is 0.730. The molecule has 5 heteroatoms. The lowest BCUT2D eigenvalue weighted by Gasteiger charge is -2.29. The van der Waals surface area contributed by atoms with Gasteiger partial charge in [0, 0.05) is 12.2 Å². The molecule has 0 radical (unpaired) electrons. The fourth-order valence-electron chi connectivity index (χ4n) is 3.08. The summed E-state index contributed by atoms with van der Waals surface area (Å²) >= 11 is 0. The van der Waals surface area contributed by atoms with Crippen molar-refractivity contribution in [3.05, 3.63) is 65.2 Å². The molecule has 0 aromatic heterocycles. The number of hydrogen-bond acceptors (Lipinski definition) is 4. The van der Waals surface area contributed by atoms with Gasteiger partial charge < -0.3 is 14.4 Å². The fraction of sp³-hybridized carbons (Fsp3) is 0.364. The van der Waals surface area contributed by atoms with Crippen LogP contribution in [0.5, 0.6) is 0 Å². The minimum absolute atomic E-state index is 0.153. The third-order valence-corrected chi connectivity index (χ3v) is 4.51. The van der Waals surface area contributed by atoms with Crippen molar-refractivity contribution in [1.82, 2.24) is 0 Å². The van der Waals surface area contributed by atoms with E-state index in [0.29, 0.717) is 18.7 Å². The Labute approximate surface area is 159 Å². The molecule has 1 aliphatic rings. The van der Waals surface area contributed by atoms with E-state index in [1.54, 1.807) is 17.0 Å². The Hall–Kier alpha value is -2.66. The van der Waals surface area contributed by atoms with Crippen LogP contribution >= 0.6 is 0 Å². The van der Waals surface area contributed by atoms with Crippen LogP contribution in [-0.2, 0) is 27.3 Å². The number of nitrogens with zero attached hydrogens (tertiary/aromatic N) is 1. The third-order valence-electron chi connectivity index (χ3n) is 4.51. The summed E-state index contributed by atoms with van der Waals surface area (Å²) in [5, 5.41) is 0. The van der Waals surface area contributed by atoms with Gasteiger partial charge in [0.2, 0.25) is 0 Å². The summed E-state index contributed by atoms with van der Waals surface area (Å²) < 4.78 is 10.8. The number of fused-ring (bicyclic) bond motifs is 1. The number of ether oxygens (including phenoxy) is 2. The second-order valence-corrected chi connectivity index (χ2v) is 6.91. The molecule has 1 aliphatic heterocycles. The summed E-state index contributed by atoms with van der Waals surface area (Å²) in [6.07, 6.45) is 2.03. The molecule has 3 rings (SSSR count). The summed E-state index contributed by atoms with van der Waals surface area (Å²) in [5.41, 5.74) is 3.48. The Kier molecular flexibility index (Phi) is 6.24. The number of hydrogen-bond donors (Lipinski definition) is 0. The van der Waals surface area contributed by atoms with E-state index in [1.807, 2.05) is 50.2 Å². The van der Waals surface area contributed by atoms with Crippen LogP contribution in [0.3, 0.4) is 0 Å². The second kappa shape index (κ2) is 8.82. The standard InChI is InChI=1S/C22H25NO4/c1-16(2)26-14-17-9-11-19(12-10-17)22(25)27-15-21(24)23-13-5-7-18-6-3-4-8-20(18)23/h3-4,6,8-12,16H,5,7,13-15H2,1-2H3. The van der Waals surface area contributed by atoms with Crippen molar-refractivity contribution in [2.24, 2.45) is 0 Å². The van der Waals surface area contributed by atoms with Gasteiger partial charge in [0.1, 0.15) is 0 Å². The maximum Gasteiger partial charge on any atom is 0.338 e. The van der Waals surface area contributed by atoms with Gasteiger partial charge in [-0.2, -0.15) is 0 Å². The number of carbonyl (C=O) groups is 2. The number of amides is 1. The summed E-state index contributed by atoms with van der Waals surface area (Å²) in [7, 11) is 0. The number of esters is 1. The topological polar surface area (TPSA) is 55.8 Å². The first-order valence-electron chi connectivity index (χ1n) is 9.30. The van der Waals surface area contributed by atoms with Gasteiger partial charge in [0.05, 0.1) is 18.3 Å². The van der Waals surface area contributed by atoms with Crippen molar-refractivity contribution >= 4 is 17.6 Å². The molecule has 0 saturated heterocycles. The Morgan fingerprint density at radius 3 is 2.56 bits per heavy atom. The number of aryl methyl sites for hydroxylation is 1. The minimum Gasteiger partial charge on any atom is -0.452 e. The smallest absolute Gasteiger partial charge is 0.338 e. The zero-order chi connectivity index (χ0) is 19.2. The molecule has 0 unspecified atom stereocenters. The molecule has 2 aromatic carbocycles. The largest absolute Gasteiger partial charge is 0.452 e. The SMILES string of the molecule is CC(C)OCc1ccc(C(=O)OCC(=O)N2CCCc3ccccc32)cc1. The molecule has 1 amide bonds. The number of para-hydroxylation sites is 1. The van der Waals surface area contributed by atoms with Crippen LogP contribution in [0.2, 0.25) is 0 Å². The number of carbonyl (C=O) groups excluding carboxylic acids is 2. The summed E-state index contributed by atoms with van der Waals surface area (Å²) in [4.78, 5) is 26.5. The predicted octanol–water partition coefficient (Wildman–Crippen LogP) is 3.75. The fourth-order valence-corrected chi connectivity index (χ4v) is 3.08. The van der Waals surface area contributed by atoms with Crippen LogP contribution in [0.15, 0.2) is 48.5 Å². The molecule has 0 aliphatic carbocycles. The van der Waals surface area contributed by atoms with Crippen LogP contribution in [0.4, 0.5) is 5.69 Å². The molecule has 0 bridgehead atoms. The lowest BCUT2D eigenvalue weighted by atomic mass is 10.0. The van der Waals surface area contributed by atoms with E-state index in [1.165, 1.54) is 0 Å². The number of benzene rings is 2.